The monoisotopic (exact) mass is 191 g/mol. The lowest BCUT2D eigenvalue weighted by atomic mass is 10.2. The molecule has 0 saturated heterocycles. The van der Waals surface area contributed by atoms with Crippen LogP contribution in [0.5, 0.6) is 0 Å². The largest absolute Gasteiger partial charge is 0.394 e. The number of aliphatic hydroxyl groups is 2. The van der Waals surface area contributed by atoms with Crippen LogP contribution in [0.25, 0.3) is 0 Å². The molecule has 0 rings (SSSR count). The van der Waals surface area contributed by atoms with Gasteiger partial charge in [-0.05, 0) is 6.42 Å². The minimum Gasteiger partial charge on any atom is -0.394 e. The molecule has 1 atom stereocenters. The Morgan fingerprint density at radius 3 is 2.67 bits per heavy atom. The van der Waals surface area contributed by atoms with Gasteiger partial charge in [0.25, 0.3) is 0 Å². The molecule has 4 nitrogen and oxygen atoms in total. The average molecular weight is 191 g/mol. The number of nitrogens with one attached hydrogen (secondary N) is 1. The molecular formula is C7H13NO3S. The van der Waals surface area contributed by atoms with Crippen LogP contribution in [0.15, 0.2) is 0 Å². The lowest BCUT2D eigenvalue weighted by Crippen LogP contribution is -2.27. The van der Waals surface area contributed by atoms with Crippen molar-refractivity contribution in [1.29, 1.82) is 0 Å². The number of aliphatic hydroxyl groups excluding tert-OH is 2. The van der Waals surface area contributed by atoms with Crippen LogP contribution in [0.3, 0.4) is 0 Å². The molecule has 1 unspecified atom stereocenters. The fourth-order valence-corrected chi connectivity index (χ4v) is 0.909. The highest BCUT2D eigenvalue weighted by Crippen LogP contribution is 1.96. The third kappa shape index (κ3) is 6.21. The van der Waals surface area contributed by atoms with Gasteiger partial charge in [0, 0.05) is 13.3 Å². The van der Waals surface area contributed by atoms with Crippen molar-refractivity contribution in [2.24, 2.45) is 0 Å². The number of carbonyl (C=O) groups excluding carboxylic acids is 1. The first-order valence-electron chi connectivity index (χ1n) is 3.65. The molecule has 0 aliphatic carbocycles. The quantitative estimate of drug-likeness (QED) is 0.528. The van der Waals surface area contributed by atoms with E-state index in [1.165, 1.54) is 6.92 Å². The molecule has 0 bridgehead atoms. The van der Waals surface area contributed by atoms with Gasteiger partial charge in [0.1, 0.15) is 0 Å². The Morgan fingerprint density at radius 1 is 1.67 bits per heavy atom. The lowest BCUT2D eigenvalue weighted by molar-refractivity contribution is -0.117. The Hall–Kier alpha value is -0.520. The first-order valence-corrected chi connectivity index (χ1v) is 4.06. The van der Waals surface area contributed by atoms with Crippen LogP contribution in [-0.2, 0) is 4.79 Å². The van der Waals surface area contributed by atoms with Gasteiger partial charge in [-0.15, -0.1) is 0 Å². The van der Waals surface area contributed by atoms with Crippen molar-refractivity contribution in [3.05, 3.63) is 0 Å². The van der Waals surface area contributed by atoms with E-state index >= 15 is 0 Å². The van der Waals surface area contributed by atoms with Crippen molar-refractivity contribution >= 4 is 23.1 Å². The highest BCUT2D eigenvalue weighted by atomic mass is 32.1. The Morgan fingerprint density at radius 2 is 2.25 bits per heavy atom. The van der Waals surface area contributed by atoms with Crippen molar-refractivity contribution in [2.75, 3.05) is 6.61 Å². The summed E-state index contributed by atoms with van der Waals surface area (Å²) in [6.45, 7) is 1.09. The maximum atomic E-state index is 10.5. The number of hydrogen-bond donors (Lipinski definition) is 3. The number of hydrogen-bond acceptors (Lipinski definition) is 4. The molecule has 0 aromatic rings. The molecule has 0 heterocycles. The van der Waals surface area contributed by atoms with E-state index < -0.39 is 6.10 Å². The summed E-state index contributed by atoms with van der Waals surface area (Å²) < 4.78 is 0. The Labute approximate surface area is 76.6 Å². The fraction of sp³-hybridized carbons (Fsp3) is 0.714. The van der Waals surface area contributed by atoms with Crippen LogP contribution in [0.4, 0.5) is 0 Å². The molecule has 0 spiro atoms. The summed E-state index contributed by atoms with van der Waals surface area (Å²) in [5.41, 5.74) is 0. The second kappa shape index (κ2) is 6.05. The van der Waals surface area contributed by atoms with E-state index in [0.717, 1.165) is 0 Å². The molecule has 0 aromatic heterocycles. The standard InChI is InChI=1S/C7H13NO3S/c1-5(10)8-7(12)3-2-6(11)4-9/h6,9,11H,2-4H2,1H3,(H,8,10,12). The van der Waals surface area contributed by atoms with E-state index in [2.05, 4.69) is 5.32 Å². The third-order valence-electron chi connectivity index (χ3n) is 1.23. The predicted molar refractivity (Wildman–Crippen MR) is 48.7 cm³/mol. The van der Waals surface area contributed by atoms with Crippen molar-refractivity contribution < 1.29 is 15.0 Å². The van der Waals surface area contributed by atoms with E-state index in [-0.39, 0.29) is 12.5 Å². The maximum absolute atomic E-state index is 10.5. The second-order valence-electron chi connectivity index (χ2n) is 2.48. The number of amides is 1. The van der Waals surface area contributed by atoms with E-state index in [9.17, 15) is 4.79 Å². The fourth-order valence-electron chi connectivity index (χ4n) is 0.648. The van der Waals surface area contributed by atoms with Crippen molar-refractivity contribution in [3.8, 4) is 0 Å². The summed E-state index contributed by atoms with van der Waals surface area (Å²) in [4.78, 5) is 10.9. The number of thiocarbonyl (C=S) groups is 1. The van der Waals surface area contributed by atoms with Crippen LogP contribution in [0.1, 0.15) is 19.8 Å². The van der Waals surface area contributed by atoms with Gasteiger partial charge < -0.3 is 15.5 Å². The summed E-state index contributed by atoms with van der Waals surface area (Å²) in [6.07, 6.45) is 0.0309. The van der Waals surface area contributed by atoms with E-state index in [0.29, 0.717) is 17.8 Å². The van der Waals surface area contributed by atoms with Gasteiger partial charge in [-0.2, -0.15) is 0 Å². The van der Waals surface area contributed by atoms with E-state index in [1.54, 1.807) is 0 Å². The molecule has 0 aromatic carbocycles. The van der Waals surface area contributed by atoms with E-state index in [4.69, 9.17) is 22.4 Å². The molecule has 70 valence electrons. The Bertz CT molecular complexity index is 172. The van der Waals surface area contributed by atoms with Crippen LogP contribution in [0.2, 0.25) is 0 Å². The van der Waals surface area contributed by atoms with Gasteiger partial charge in [-0.1, -0.05) is 12.2 Å². The SMILES string of the molecule is CC(=O)NC(=S)CCC(O)CO. The zero-order valence-electron chi connectivity index (χ0n) is 6.91. The summed E-state index contributed by atoms with van der Waals surface area (Å²) in [5, 5.41) is 19.8. The smallest absolute Gasteiger partial charge is 0.221 e. The molecule has 0 radical (unpaired) electrons. The second-order valence-corrected chi connectivity index (χ2v) is 2.97. The van der Waals surface area contributed by atoms with Crippen LogP contribution >= 0.6 is 12.2 Å². The topological polar surface area (TPSA) is 69.6 Å². The van der Waals surface area contributed by atoms with Gasteiger partial charge >= 0.3 is 0 Å². The normalized spacial score (nSPS) is 12.2. The first-order chi connectivity index (χ1) is 5.56. The zero-order chi connectivity index (χ0) is 9.56. The molecule has 0 fully saturated rings. The Balaban J connectivity index is 3.50. The third-order valence-corrected chi connectivity index (χ3v) is 1.54. The van der Waals surface area contributed by atoms with Gasteiger partial charge in [0.15, 0.2) is 0 Å². The average Bonchev–Trinajstić information content (AvgIpc) is 1.99. The van der Waals surface area contributed by atoms with Crippen LogP contribution in [-0.4, -0.2) is 33.8 Å². The molecule has 1 amide bonds. The predicted octanol–water partition coefficient (Wildman–Crippen LogP) is -0.417. The highest BCUT2D eigenvalue weighted by molar-refractivity contribution is 7.80. The van der Waals surface area contributed by atoms with E-state index in [1.807, 2.05) is 0 Å². The van der Waals surface area contributed by atoms with Gasteiger partial charge in [0.05, 0.1) is 17.7 Å². The highest BCUT2D eigenvalue weighted by Gasteiger charge is 2.04. The van der Waals surface area contributed by atoms with Gasteiger partial charge in [-0.3, -0.25) is 4.79 Å². The molecule has 3 N–H and O–H groups in total. The molecular weight excluding hydrogens is 178 g/mol. The molecule has 0 aliphatic heterocycles. The van der Waals surface area contributed by atoms with Crippen molar-refractivity contribution in [2.45, 2.75) is 25.9 Å². The summed E-state index contributed by atoms with van der Waals surface area (Å²) in [7, 11) is 0. The molecule has 0 aliphatic rings. The van der Waals surface area contributed by atoms with Crippen LogP contribution in [0, 0.1) is 0 Å². The van der Waals surface area contributed by atoms with Crippen molar-refractivity contribution in [3.63, 3.8) is 0 Å². The number of rotatable bonds is 4. The summed E-state index contributed by atoms with van der Waals surface area (Å²) in [6, 6.07) is 0. The summed E-state index contributed by atoms with van der Waals surface area (Å²) >= 11 is 4.77. The Kier molecular flexibility index (Phi) is 5.79. The number of carbonyl (C=O) groups is 1. The van der Waals surface area contributed by atoms with Gasteiger partial charge in [-0.25, -0.2) is 0 Å². The maximum Gasteiger partial charge on any atom is 0.221 e. The van der Waals surface area contributed by atoms with Crippen molar-refractivity contribution in [1.82, 2.24) is 5.32 Å². The molecule has 12 heavy (non-hydrogen) atoms. The molecule has 5 heteroatoms. The van der Waals surface area contributed by atoms with Gasteiger partial charge in [0.2, 0.25) is 5.91 Å². The first kappa shape index (κ1) is 11.5. The summed E-state index contributed by atoms with van der Waals surface area (Å²) in [5.74, 6) is -0.210. The van der Waals surface area contributed by atoms with Crippen LogP contribution < -0.4 is 5.32 Å². The zero-order valence-corrected chi connectivity index (χ0v) is 7.73. The molecule has 0 saturated carbocycles. The minimum atomic E-state index is -0.753. The lowest BCUT2D eigenvalue weighted by Gasteiger charge is -2.07. The minimum absolute atomic E-state index is 0.210.